The van der Waals surface area contributed by atoms with Crippen LogP contribution in [-0.2, 0) is 9.53 Å². The molecule has 22 heavy (non-hydrogen) atoms. The van der Waals surface area contributed by atoms with E-state index in [-0.39, 0.29) is 5.97 Å². The van der Waals surface area contributed by atoms with E-state index in [1.54, 1.807) is 0 Å². The summed E-state index contributed by atoms with van der Waals surface area (Å²) in [4.78, 5) is 11.1. The summed E-state index contributed by atoms with van der Waals surface area (Å²) in [5.41, 5.74) is 1.46. The first-order valence-electron chi connectivity index (χ1n) is 8.81. The van der Waals surface area contributed by atoms with Crippen LogP contribution in [0.3, 0.4) is 0 Å². The van der Waals surface area contributed by atoms with E-state index in [1.165, 1.54) is 51.2 Å². The Morgan fingerprint density at radius 2 is 1.86 bits per heavy atom. The smallest absolute Gasteiger partial charge is 0.305 e. The highest BCUT2D eigenvalue weighted by Gasteiger charge is 2.11. The summed E-state index contributed by atoms with van der Waals surface area (Å²) >= 11 is 0. The molecule has 1 fully saturated rings. The van der Waals surface area contributed by atoms with E-state index in [1.807, 2.05) is 6.08 Å². The van der Waals surface area contributed by atoms with Crippen LogP contribution in [0.1, 0.15) is 70.6 Å². The van der Waals surface area contributed by atoms with E-state index >= 15 is 0 Å². The Bertz CT molecular complexity index is 373. The number of allylic oxidation sites excluding steroid dienone is 5. The number of methoxy groups -OCH3 is 1. The molecule has 2 nitrogen and oxygen atoms in total. The van der Waals surface area contributed by atoms with Gasteiger partial charge in [-0.2, -0.15) is 0 Å². The molecule has 0 amide bonds. The molecule has 1 saturated carbocycles. The first-order chi connectivity index (χ1) is 10.8. The zero-order valence-electron chi connectivity index (χ0n) is 14.2. The van der Waals surface area contributed by atoms with Gasteiger partial charge in [0.05, 0.1) is 7.11 Å². The molecule has 0 aliphatic heterocycles. The monoisotopic (exact) mass is 304 g/mol. The summed E-state index contributed by atoms with van der Waals surface area (Å²) in [6.07, 6.45) is 21.6. The number of ether oxygens (including phenoxy) is 1. The summed E-state index contributed by atoms with van der Waals surface area (Å²) in [5.74, 6) is 0.657. The van der Waals surface area contributed by atoms with Crippen molar-refractivity contribution in [3.63, 3.8) is 0 Å². The fourth-order valence-electron chi connectivity index (χ4n) is 2.98. The Balaban J connectivity index is 2.43. The lowest BCUT2D eigenvalue weighted by Crippen LogP contribution is -2.03. The summed E-state index contributed by atoms with van der Waals surface area (Å²) in [6, 6.07) is 0. The van der Waals surface area contributed by atoms with E-state index in [2.05, 4.69) is 29.5 Å². The quantitative estimate of drug-likeness (QED) is 0.222. The number of unbranched alkanes of at least 4 members (excludes halogenated alkanes) is 2. The van der Waals surface area contributed by atoms with Gasteiger partial charge in [-0.15, -0.1) is 6.58 Å². The van der Waals surface area contributed by atoms with Crippen molar-refractivity contribution in [2.24, 2.45) is 5.92 Å². The van der Waals surface area contributed by atoms with E-state index in [0.29, 0.717) is 6.42 Å². The van der Waals surface area contributed by atoms with Crippen LogP contribution in [-0.4, -0.2) is 13.1 Å². The van der Waals surface area contributed by atoms with Crippen molar-refractivity contribution in [1.82, 2.24) is 0 Å². The Kier molecular flexibility index (Phi) is 10.4. The largest absolute Gasteiger partial charge is 0.469 e. The Morgan fingerprint density at radius 1 is 1.14 bits per heavy atom. The molecule has 0 N–H and O–H groups in total. The highest BCUT2D eigenvalue weighted by molar-refractivity contribution is 5.69. The maximum absolute atomic E-state index is 11.1. The Labute approximate surface area is 136 Å². The van der Waals surface area contributed by atoms with Crippen molar-refractivity contribution in [1.29, 1.82) is 0 Å². The van der Waals surface area contributed by atoms with Gasteiger partial charge in [0.15, 0.2) is 0 Å². The summed E-state index contributed by atoms with van der Waals surface area (Å²) < 4.78 is 4.66. The lowest BCUT2D eigenvalue weighted by atomic mass is 9.87. The first-order valence-corrected chi connectivity index (χ1v) is 8.81. The molecule has 0 heterocycles. The number of carbonyl (C=O) groups excluding carboxylic acids is 1. The van der Waals surface area contributed by atoms with Gasteiger partial charge >= 0.3 is 5.97 Å². The van der Waals surface area contributed by atoms with Gasteiger partial charge in [0.25, 0.3) is 0 Å². The van der Waals surface area contributed by atoms with Crippen LogP contribution in [0.2, 0.25) is 0 Å². The average Bonchev–Trinajstić information content (AvgIpc) is 2.55. The fraction of sp³-hybridized carbons (Fsp3) is 0.650. The zero-order valence-corrected chi connectivity index (χ0v) is 14.2. The van der Waals surface area contributed by atoms with Gasteiger partial charge in [-0.25, -0.2) is 0 Å². The number of hydrogen-bond acceptors (Lipinski definition) is 2. The molecular formula is C20H32O2. The number of hydrogen-bond donors (Lipinski definition) is 0. The summed E-state index contributed by atoms with van der Waals surface area (Å²) in [6.45, 7) is 3.80. The van der Waals surface area contributed by atoms with E-state index < -0.39 is 0 Å². The predicted octanol–water partition coefficient (Wildman–Crippen LogP) is 5.75. The van der Waals surface area contributed by atoms with Crippen LogP contribution in [0.15, 0.2) is 36.5 Å². The molecule has 0 radical (unpaired) electrons. The van der Waals surface area contributed by atoms with E-state index in [4.69, 9.17) is 0 Å². The molecule has 1 aliphatic carbocycles. The SMILES string of the molecule is C=CCCCC(/C=C/CCCC(=O)OC)=C\C1CCCCC1. The van der Waals surface area contributed by atoms with Crippen LogP contribution >= 0.6 is 0 Å². The van der Waals surface area contributed by atoms with Gasteiger partial charge < -0.3 is 4.74 Å². The molecule has 0 spiro atoms. The maximum atomic E-state index is 11.1. The van der Waals surface area contributed by atoms with Crippen molar-refractivity contribution >= 4 is 5.97 Å². The lowest BCUT2D eigenvalue weighted by molar-refractivity contribution is -0.140. The molecule has 1 aliphatic rings. The van der Waals surface area contributed by atoms with Crippen molar-refractivity contribution < 1.29 is 9.53 Å². The predicted molar refractivity (Wildman–Crippen MR) is 93.7 cm³/mol. The Morgan fingerprint density at radius 3 is 2.55 bits per heavy atom. The number of rotatable bonds is 10. The van der Waals surface area contributed by atoms with Gasteiger partial charge in [0.1, 0.15) is 0 Å². The Hall–Kier alpha value is -1.31. The molecule has 1 rings (SSSR count). The van der Waals surface area contributed by atoms with Crippen LogP contribution < -0.4 is 0 Å². The molecule has 0 aromatic carbocycles. The van der Waals surface area contributed by atoms with Crippen LogP contribution in [0.4, 0.5) is 0 Å². The van der Waals surface area contributed by atoms with Gasteiger partial charge in [0, 0.05) is 6.42 Å². The lowest BCUT2D eigenvalue weighted by Gasteiger charge is -2.19. The third kappa shape index (κ3) is 8.86. The average molecular weight is 304 g/mol. The second-order valence-electron chi connectivity index (χ2n) is 6.19. The van der Waals surface area contributed by atoms with E-state index in [0.717, 1.165) is 31.6 Å². The molecule has 124 valence electrons. The molecule has 2 heteroatoms. The van der Waals surface area contributed by atoms with Gasteiger partial charge in [0.2, 0.25) is 0 Å². The second kappa shape index (κ2) is 12.3. The minimum absolute atomic E-state index is 0.114. The third-order valence-electron chi connectivity index (χ3n) is 4.28. The van der Waals surface area contributed by atoms with Crippen LogP contribution in [0.5, 0.6) is 0 Å². The molecule has 0 aromatic rings. The minimum Gasteiger partial charge on any atom is -0.469 e. The van der Waals surface area contributed by atoms with Gasteiger partial charge in [-0.05, 0) is 50.9 Å². The molecule has 0 bridgehead atoms. The molecular weight excluding hydrogens is 272 g/mol. The zero-order chi connectivity index (χ0) is 16.0. The maximum Gasteiger partial charge on any atom is 0.305 e. The molecule has 0 saturated heterocycles. The summed E-state index contributed by atoms with van der Waals surface area (Å²) in [5, 5.41) is 0. The van der Waals surface area contributed by atoms with Crippen LogP contribution in [0.25, 0.3) is 0 Å². The number of esters is 1. The summed E-state index contributed by atoms with van der Waals surface area (Å²) in [7, 11) is 1.45. The van der Waals surface area contributed by atoms with Gasteiger partial charge in [-0.1, -0.05) is 49.1 Å². The van der Waals surface area contributed by atoms with Crippen molar-refractivity contribution in [2.45, 2.75) is 70.6 Å². The van der Waals surface area contributed by atoms with Crippen molar-refractivity contribution in [3.05, 3.63) is 36.5 Å². The minimum atomic E-state index is -0.114. The number of carbonyl (C=O) groups is 1. The highest BCUT2D eigenvalue weighted by atomic mass is 16.5. The normalized spacial score (nSPS) is 16.9. The second-order valence-corrected chi connectivity index (χ2v) is 6.19. The van der Waals surface area contributed by atoms with Crippen molar-refractivity contribution in [2.75, 3.05) is 7.11 Å². The van der Waals surface area contributed by atoms with Crippen molar-refractivity contribution in [3.8, 4) is 0 Å². The molecule has 0 unspecified atom stereocenters. The van der Waals surface area contributed by atoms with Crippen LogP contribution in [0, 0.1) is 5.92 Å². The highest BCUT2D eigenvalue weighted by Crippen LogP contribution is 2.27. The van der Waals surface area contributed by atoms with Gasteiger partial charge in [-0.3, -0.25) is 4.79 Å². The fourth-order valence-corrected chi connectivity index (χ4v) is 2.98. The third-order valence-corrected chi connectivity index (χ3v) is 4.28. The standard InChI is InChI=1S/C20H32O2/c1-3-4-7-12-18(17-19-13-8-5-9-14-19)15-10-6-11-16-20(21)22-2/h3,10,15,17,19H,1,4-9,11-14,16H2,2H3/b15-10+,18-17+. The van der Waals surface area contributed by atoms with E-state index in [9.17, 15) is 4.79 Å². The molecule has 0 atom stereocenters. The molecule has 0 aromatic heterocycles. The topological polar surface area (TPSA) is 26.3 Å². The first kappa shape index (κ1) is 18.7.